The molecule has 0 fully saturated rings. The Bertz CT molecular complexity index is 745. The van der Waals surface area contributed by atoms with E-state index in [-0.39, 0.29) is 11.9 Å². The molecule has 0 amide bonds. The van der Waals surface area contributed by atoms with Crippen LogP contribution >= 0.6 is 11.6 Å². The third kappa shape index (κ3) is 2.81. The number of anilines is 2. The van der Waals surface area contributed by atoms with Crippen LogP contribution in [0.4, 0.5) is 11.5 Å². The maximum Gasteiger partial charge on any atom is 0.224 e. The highest BCUT2D eigenvalue weighted by atomic mass is 35.5. The van der Waals surface area contributed by atoms with Gasteiger partial charge in [0.2, 0.25) is 5.28 Å². The molecule has 108 valence electrons. The van der Waals surface area contributed by atoms with Gasteiger partial charge in [0.25, 0.3) is 0 Å². The highest BCUT2D eigenvalue weighted by Gasteiger charge is 2.14. The fourth-order valence-corrected chi connectivity index (χ4v) is 2.39. The summed E-state index contributed by atoms with van der Waals surface area (Å²) in [6.07, 6.45) is 4.02. The predicted octanol–water partition coefficient (Wildman–Crippen LogP) is 2.53. The highest BCUT2D eigenvalue weighted by Crippen LogP contribution is 2.30. The molecule has 3 rings (SSSR count). The normalized spacial score (nSPS) is 11.0. The first-order valence-electron chi connectivity index (χ1n) is 6.58. The second-order valence-electron chi connectivity index (χ2n) is 4.52. The van der Waals surface area contributed by atoms with Crippen LogP contribution in [-0.4, -0.2) is 38.4 Å². The Morgan fingerprint density at radius 1 is 1.29 bits per heavy atom. The van der Waals surface area contributed by atoms with Crippen molar-refractivity contribution in [1.82, 2.24) is 20.2 Å². The van der Waals surface area contributed by atoms with Crippen LogP contribution in [-0.2, 0) is 0 Å². The van der Waals surface area contributed by atoms with Crippen molar-refractivity contribution in [3.63, 3.8) is 0 Å². The lowest BCUT2D eigenvalue weighted by molar-refractivity contribution is 0.291. The summed E-state index contributed by atoms with van der Waals surface area (Å²) in [4.78, 5) is 10.2. The standard InChI is InChI=1S/C14H14ClN5O/c15-14-16-6-5-13(18-14)20(7-2-8-21)12-4-1-3-11-10(12)9-17-19-11/h1,3-6,9,21H,2,7-8H2,(H,17,19). The number of nitrogens with one attached hydrogen (secondary N) is 1. The fraction of sp³-hybridized carbons (Fsp3) is 0.214. The number of aromatic amines is 1. The van der Waals surface area contributed by atoms with E-state index in [2.05, 4.69) is 20.2 Å². The van der Waals surface area contributed by atoms with Crippen LogP contribution in [0.3, 0.4) is 0 Å². The van der Waals surface area contributed by atoms with E-state index in [1.54, 1.807) is 18.5 Å². The van der Waals surface area contributed by atoms with Gasteiger partial charge < -0.3 is 10.0 Å². The van der Waals surface area contributed by atoms with Crippen LogP contribution in [0.15, 0.2) is 36.7 Å². The Kier molecular flexibility index (Phi) is 3.98. The van der Waals surface area contributed by atoms with Gasteiger partial charge >= 0.3 is 0 Å². The van der Waals surface area contributed by atoms with E-state index in [4.69, 9.17) is 16.7 Å². The third-order valence-corrected chi connectivity index (χ3v) is 3.36. The minimum Gasteiger partial charge on any atom is -0.396 e. The molecule has 0 bridgehead atoms. The van der Waals surface area contributed by atoms with Gasteiger partial charge in [-0.15, -0.1) is 0 Å². The lowest BCUT2D eigenvalue weighted by Crippen LogP contribution is -2.20. The van der Waals surface area contributed by atoms with Crippen LogP contribution in [0, 0.1) is 0 Å². The van der Waals surface area contributed by atoms with Crippen molar-refractivity contribution >= 4 is 34.0 Å². The molecule has 1 aromatic carbocycles. The number of H-pyrrole nitrogens is 1. The summed E-state index contributed by atoms with van der Waals surface area (Å²) in [5.74, 6) is 0.692. The van der Waals surface area contributed by atoms with Crippen LogP contribution in [0.1, 0.15) is 6.42 Å². The zero-order valence-electron chi connectivity index (χ0n) is 11.2. The van der Waals surface area contributed by atoms with Crippen LogP contribution in [0.25, 0.3) is 10.9 Å². The Labute approximate surface area is 126 Å². The number of benzene rings is 1. The van der Waals surface area contributed by atoms with Gasteiger partial charge in [0.1, 0.15) is 5.82 Å². The van der Waals surface area contributed by atoms with E-state index in [1.807, 2.05) is 23.1 Å². The summed E-state index contributed by atoms with van der Waals surface area (Å²) in [5.41, 5.74) is 1.91. The van der Waals surface area contributed by atoms with E-state index in [9.17, 15) is 0 Å². The molecule has 0 aliphatic heterocycles. The van der Waals surface area contributed by atoms with Crippen LogP contribution < -0.4 is 4.90 Å². The minimum atomic E-state index is 0.108. The molecule has 6 nitrogen and oxygen atoms in total. The number of aliphatic hydroxyl groups excluding tert-OH is 1. The highest BCUT2D eigenvalue weighted by molar-refractivity contribution is 6.28. The topological polar surface area (TPSA) is 77.9 Å². The average Bonchev–Trinajstić information content (AvgIpc) is 2.97. The Morgan fingerprint density at radius 2 is 2.19 bits per heavy atom. The smallest absolute Gasteiger partial charge is 0.224 e. The zero-order valence-corrected chi connectivity index (χ0v) is 12.0. The largest absolute Gasteiger partial charge is 0.396 e. The van der Waals surface area contributed by atoms with Crippen molar-refractivity contribution in [1.29, 1.82) is 0 Å². The summed E-state index contributed by atoms with van der Waals surface area (Å²) >= 11 is 5.89. The maximum absolute atomic E-state index is 9.13. The van der Waals surface area contributed by atoms with E-state index >= 15 is 0 Å². The molecule has 0 aliphatic rings. The molecule has 0 spiro atoms. The van der Waals surface area contributed by atoms with Crippen molar-refractivity contribution in [3.8, 4) is 0 Å². The summed E-state index contributed by atoms with van der Waals surface area (Å²) < 4.78 is 0. The second-order valence-corrected chi connectivity index (χ2v) is 4.86. The van der Waals surface area contributed by atoms with Gasteiger partial charge in [-0.05, 0) is 36.2 Å². The molecule has 0 saturated carbocycles. The average molecular weight is 304 g/mol. The number of nitrogens with zero attached hydrogens (tertiary/aromatic N) is 4. The van der Waals surface area contributed by atoms with Gasteiger partial charge in [0, 0.05) is 24.7 Å². The molecule has 0 saturated heterocycles. The first-order chi connectivity index (χ1) is 10.3. The summed E-state index contributed by atoms with van der Waals surface area (Å²) in [6.45, 7) is 0.727. The predicted molar refractivity (Wildman–Crippen MR) is 81.8 cm³/mol. The number of fused-ring (bicyclic) bond motifs is 1. The zero-order chi connectivity index (χ0) is 14.7. The van der Waals surface area contributed by atoms with Crippen molar-refractivity contribution in [3.05, 3.63) is 41.9 Å². The van der Waals surface area contributed by atoms with E-state index in [0.29, 0.717) is 18.8 Å². The summed E-state index contributed by atoms with van der Waals surface area (Å²) in [7, 11) is 0. The van der Waals surface area contributed by atoms with Gasteiger partial charge in [-0.25, -0.2) is 9.97 Å². The molecule has 7 heteroatoms. The number of aromatic nitrogens is 4. The van der Waals surface area contributed by atoms with Crippen molar-refractivity contribution < 1.29 is 5.11 Å². The molecule has 3 aromatic rings. The van der Waals surface area contributed by atoms with Crippen molar-refractivity contribution in [2.24, 2.45) is 0 Å². The Hall–Kier alpha value is -2.18. The molecular formula is C14H14ClN5O. The summed E-state index contributed by atoms with van der Waals surface area (Å²) in [5, 5.41) is 17.3. The molecule has 2 N–H and O–H groups in total. The molecule has 2 aromatic heterocycles. The number of rotatable bonds is 5. The molecule has 0 unspecified atom stereocenters. The molecular weight excluding hydrogens is 290 g/mol. The Balaban J connectivity index is 2.08. The van der Waals surface area contributed by atoms with Gasteiger partial charge in [0.15, 0.2) is 0 Å². The molecule has 2 heterocycles. The lowest BCUT2D eigenvalue weighted by Gasteiger charge is -2.24. The lowest BCUT2D eigenvalue weighted by atomic mass is 10.2. The fourth-order valence-electron chi connectivity index (χ4n) is 2.25. The number of hydrogen-bond acceptors (Lipinski definition) is 5. The van der Waals surface area contributed by atoms with Gasteiger partial charge in [-0.3, -0.25) is 5.10 Å². The van der Waals surface area contributed by atoms with Crippen LogP contribution in [0.2, 0.25) is 5.28 Å². The number of aliphatic hydroxyl groups is 1. The van der Waals surface area contributed by atoms with E-state index < -0.39 is 0 Å². The van der Waals surface area contributed by atoms with Crippen LogP contribution in [0.5, 0.6) is 0 Å². The van der Waals surface area contributed by atoms with Gasteiger partial charge in [0.05, 0.1) is 17.4 Å². The van der Waals surface area contributed by atoms with Crippen molar-refractivity contribution in [2.75, 3.05) is 18.1 Å². The first-order valence-corrected chi connectivity index (χ1v) is 6.96. The minimum absolute atomic E-state index is 0.108. The SMILES string of the molecule is OCCCN(c1ccnc(Cl)n1)c1cccc2[nH]ncc12. The van der Waals surface area contributed by atoms with Gasteiger partial charge in [-0.1, -0.05) is 6.07 Å². The van der Waals surface area contributed by atoms with E-state index in [0.717, 1.165) is 16.6 Å². The molecule has 21 heavy (non-hydrogen) atoms. The second kappa shape index (κ2) is 6.07. The molecule has 0 radical (unpaired) electrons. The Morgan fingerprint density at radius 3 is 3.00 bits per heavy atom. The summed E-state index contributed by atoms with van der Waals surface area (Å²) in [6, 6.07) is 7.70. The van der Waals surface area contributed by atoms with E-state index in [1.165, 1.54) is 0 Å². The molecule has 0 aliphatic carbocycles. The number of halogens is 1. The van der Waals surface area contributed by atoms with Crippen molar-refractivity contribution in [2.45, 2.75) is 6.42 Å². The number of hydrogen-bond donors (Lipinski definition) is 2. The third-order valence-electron chi connectivity index (χ3n) is 3.18. The maximum atomic E-state index is 9.13. The monoisotopic (exact) mass is 303 g/mol. The first kappa shape index (κ1) is 13.8. The molecule has 0 atom stereocenters. The quantitative estimate of drug-likeness (QED) is 0.708. The van der Waals surface area contributed by atoms with Gasteiger partial charge in [-0.2, -0.15) is 5.10 Å².